The molecule has 2 aromatic carbocycles. The zero-order valence-corrected chi connectivity index (χ0v) is 22.6. The molecule has 2 heterocycles. The van der Waals surface area contributed by atoms with E-state index in [1.165, 1.54) is 27.1 Å². The number of nitrogens with zero attached hydrogens (tertiary/aromatic N) is 3. The molecule has 0 aliphatic carbocycles. The van der Waals surface area contributed by atoms with Crippen molar-refractivity contribution in [1.82, 2.24) is 9.97 Å². The van der Waals surface area contributed by atoms with Gasteiger partial charge < -0.3 is 5.32 Å². The average Bonchev–Trinajstić information content (AvgIpc) is 2.97. The Bertz CT molecular complexity index is 1170. The summed E-state index contributed by atoms with van der Waals surface area (Å²) in [4.78, 5) is 16.0. The minimum atomic E-state index is 0.526. The second kappa shape index (κ2) is 11.9. The van der Waals surface area contributed by atoms with Gasteiger partial charge in [0, 0.05) is 23.2 Å². The van der Waals surface area contributed by atoms with Crippen molar-refractivity contribution in [3.63, 3.8) is 0 Å². The van der Waals surface area contributed by atoms with Gasteiger partial charge in [-0.25, -0.2) is 9.98 Å². The van der Waals surface area contributed by atoms with Crippen LogP contribution in [-0.4, -0.2) is 21.6 Å². The maximum atomic E-state index is 5.06. The molecule has 1 aliphatic rings. The van der Waals surface area contributed by atoms with Crippen LogP contribution in [-0.2, 0) is 19.3 Å². The molecule has 1 aromatic heterocycles. The van der Waals surface area contributed by atoms with Crippen molar-refractivity contribution in [3.05, 3.63) is 76.5 Å². The summed E-state index contributed by atoms with van der Waals surface area (Å²) in [6.07, 6.45) is 4.99. The zero-order chi connectivity index (χ0) is 24.8. The van der Waals surface area contributed by atoms with Crippen LogP contribution in [0.15, 0.2) is 58.4 Å². The van der Waals surface area contributed by atoms with Crippen molar-refractivity contribution in [2.75, 3.05) is 11.9 Å². The molecule has 0 fully saturated rings. The quantitative estimate of drug-likeness (QED) is 0.351. The van der Waals surface area contributed by atoms with Crippen molar-refractivity contribution in [3.8, 4) is 0 Å². The molecule has 3 aromatic rings. The normalized spacial score (nSPS) is 16.9. The number of nitrogens with one attached hydrogen (secondary N) is 1. The van der Waals surface area contributed by atoms with E-state index in [0.29, 0.717) is 17.8 Å². The zero-order valence-electron chi connectivity index (χ0n) is 21.8. The molecular formula is C30H38N4S. The number of hydrogen-bond donors (Lipinski definition) is 1. The smallest absolute Gasteiger partial charge is 0.224 e. The number of rotatable bonds is 8. The van der Waals surface area contributed by atoms with E-state index in [0.717, 1.165) is 55.2 Å². The molecule has 0 saturated heterocycles. The Morgan fingerprint density at radius 3 is 2.57 bits per heavy atom. The first-order valence-electron chi connectivity index (χ1n) is 12.9. The number of anilines is 1. The lowest BCUT2D eigenvalue weighted by atomic mass is 9.95. The second-order valence-corrected chi connectivity index (χ2v) is 11.2. The van der Waals surface area contributed by atoms with Crippen molar-refractivity contribution < 1.29 is 0 Å². The summed E-state index contributed by atoms with van der Waals surface area (Å²) in [5, 5.41) is 4.59. The number of aryl methyl sites for hydroxylation is 2. The van der Waals surface area contributed by atoms with Gasteiger partial charge in [-0.3, -0.25) is 0 Å². The van der Waals surface area contributed by atoms with Gasteiger partial charge in [0.1, 0.15) is 0 Å². The standard InChI is InChI=1S/C30H38N4S/c1-6-23-12-13-26-22(5)9-14-29(35-27(26)18-23)33-28-19-25(17-20(2)3)32-30(34-28)31-16-15-24-10-7-21(4)8-11-24/h7-8,10-13,18-20,22H,6,9,14-17H2,1-5H3,(H,31,32,34). The first-order valence-corrected chi connectivity index (χ1v) is 13.8. The summed E-state index contributed by atoms with van der Waals surface area (Å²) in [5.41, 5.74) is 6.48. The van der Waals surface area contributed by atoms with Gasteiger partial charge in [-0.15, -0.1) is 0 Å². The van der Waals surface area contributed by atoms with Gasteiger partial charge in [0.05, 0.1) is 5.04 Å². The van der Waals surface area contributed by atoms with Crippen molar-refractivity contribution in [2.45, 2.75) is 77.5 Å². The van der Waals surface area contributed by atoms with Gasteiger partial charge in [0.2, 0.25) is 5.95 Å². The lowest BCUT2D eigenvalue weighted by Crippen LogP contribution is -2.10. The molecular weight excluding hydrogens is 448 g/mol. The third-order valence-electron chi connectivity index (χ3n) is 6.48. The monoisotopic (exact) mass is 486 g/mol. The highest BCUT2D eigenvalue weighted by molar-refractivity contribution is 8.14. The van der Waals surface area contributed by atoms with E-state index in [2.05, 4.69) is 88.5 Å². The molecule has 1 atom stereocenters. The molecule has 1 aliphatic heterocycles. The minimum Gasteiger partial charge on any atom is -0.354 e. The van der Waals surface area contributed by atoms with Gasteiger partial charge in [-0.1, -0.05) is 81.4 Å². The van der Waals surface area contributed by atoms with Crippen molar-refractivity contribution in [2.24, 2.45) is 10.9 Å². The first kappa shape index (κ1) is 25.4. The highest BCUT2D eigenvalue weighted by Gasteiger charge is 2.20. The van der Waals surface area contributed by atoms with E-state index >= 15 is 0 Å². The maximum absolute atomic E-state index is 5.06. The van der Waals surface area contributed by atoms with Gasteiger partial charge >= 0.3 is 0 Å². The fraction of sp³-hybridized carbons (Fsp3) is 0.433. The number of thioether (sulfide) groups is 1. The van der Waals surface area contributed by atoms with Gasteiger partial charge in [0.25, 0.3) is 0 Å². The lowest BCUT2D eigenvalue weighted by Gasteiger charge is -2.12. The highest BCUT2D eigenvalue weighted by atomic mass is 32.2. The second-order valence-electron chi connectivity index (χ2n) is 10.1. The van der Waals surface area contributed by atoms with Crippen LogP contribution >= 0.6 is 11.8 Å². The Morgan fingerprint density at radius 2 is 1.83 bits per heavy atom. The minimum absolute atomic E-state index is 0.526. The molecule has 0 bridgehead atoms. The van der Waals surface area contributed by atoms with Gasteiger partial charge in [-0.05, 0) is 73.6 Å². The van der Waals surface area contributed by atoms with E-state index in [9.17, 15) is 0 Å². The van der Waals surface area contributed by atoms with E-state index in [1.54, 1.807) is 0 Å². The number of aliphatic imine (C=N–C) groups is 1. The van der Waals surface area contributed by atoms with E-state index in [4.69, 9.17) is 15.0 Å². The van der Waals surface area contributed by atoms with Crippen molar-refractivity contribution in [1.29, 1.82) is 0 Å². The molecule has 1 unspecified atom stereocenters. The molecule has 5 heteroatoms. The molecule has 1 N–H and O–H groups in total. The first-order chi connectivity index (χ1) is 16.9. The SMILES string of the molecule is CCc1ccc2c(c1)SC(=Nc1cc(CC(C)C)nc(NCCc3ccc(C)cc3)n1)CCC2C. The summed E-state index contributed by atoms with van der Waals surface area (Å²) in [6, 6.07) is 17.7. The molecule has 184 valence electrons. The summed E-state index contributed by atoms with van der Waals surface area (Å²) < 4.78 is 0. The third-order valence-corrected chi connectivity index (χ3v) is 7.58. The Hall–Kier alpha value is -2.66. The average molecular weight is 487 g/mol. The Labute approximate surface area is 215 Å². The fourth-order valence-electron chi connectivity index (χ4n) is 4.39. The topological polar surface area (TPSA) is 50.2 Å². The predicted octanol–water partition coefficient (Wildman–Crippen LogP) is 7.92. The van der Waals surface area contributed by atoms with E-state index < -0.39 is 0 Å². The Balaban J connectivity index is 1.55. The van der Waals surface area contributed by atoms with Gasteiger partial charge in [0.15, 0.2) is 5.82 Å². The summed E-state index contributed by atoms with van der Waals surface area (Å²) in [7, 11) is 0. The van der Waals surface area contributed by atoms with E-state index in [-0.39, 0.29) is 0 Å². The lowest BCUT2D eigenvalue weighted by molar-refractivity contribution is 0.634. The van der Waals surface area contributed by atoms with Crippen LogP contribution in [0.25, 0.3) is 0 Å². The van der Waals surface area contributed by atoms with Crippen LogP contribution in [0.1, 0.15) is 74.4 Å². The molecule has 0 saturated carbocycles. The summed E-state index contributed by atoms with van der Waals surface area (Å²) >= 11 is 1.82. The highest BCUT2D eigenvalue weighted by Crippen LogP contribution is 2.38. The maximum Gasteiger partial charge on any atom is 0.224 e. The van der Waals surface area contributed by atoms with Crippen LogP contribution < -0.4 is 5.32 Å². The predicted molar refractivity (Wildman–Crippen MR) is 150 cm³/mol. The van der Waals surface area contributed by atoms with Crippen LogP contribution in [0.4, 0.5) is 11.8 Å². The molecule has 0 radical (unpaired) electrons. The Morgan fingerprint density at radius 1 is 1.06 bits per heavy atom. The summed E-state index contributed by atoms with van der Waals surface area (Å²) in [5.74, 6) is 2.50. The van der Waals surface area contributed by atoms with Crippen LogP contribution in [0, 0.1) is 12.8 Å². The summed E-state index contributed by atoms with van der Waals surface area (Å²) in [6.45, 7) is 11.9. The largest absolute Gasteiger partial charge is 0.354 e. The molecule has 4 nitrogen and oxygen atoms in total. The third kappa shape index (κ3) is 7.17. The van der Waals surface area contributed by atoms with Crippen LogP contribution in [0.2, 0.25) is 0 Å². The number of benzene rings is 2. The number of fused-ring (bicyclic) bond motifs is 1. The molecule has 35 heavy (non-hydrogen) atoms. The van der Waals surface area contributed by atoms with Crippen LogP contribution in [0.5, 0.6) is 0 Å². The molecule has 0 amide bonds. The molecule has 0 spiro atoms. The fourth-order valence-corrected chi connectivity index (χ4v) is 5.60. The number of aromatic nitrogens is 2. The number of hydrogen-bond acceptors (Lipinski definition) is 5. The van der Waals surface area contributed by atoms with Crippen LogP contribution in [0.3, 0.4) is 0 Å². The Kier molecular flexibility index (Phi) is 8.61. The van der Waals surface area contributed by atoms with Gasteiger partial charge in [-0.2, -0.15) is 4.98 Å². The van der Waals surface area contributed by atoms with E-state index in [1.807, 2.05) is 11.8 Å². The molecule has 4 rings (SSSR count). The van der Waals surface area contributed by atoms with Crippen molar-refractivity contribution >= 4 is 28.6 Å².